The highest BCUT2D eigenvalue weighted by atomic mass is 79.9. The lowest BCUT2D eigenvalue weighted by Gasteiger charge is -2.00. The van der Waals surface area contributed by atoms with E-state index in [2.05, 4.69) is 31.2 Å². The molecule has 10 heteroatoms. The molecule has 0 saturated heterocycles. The Labute approximate surface area is 155 Å². The summed E-state index contributed by atoms with van der Waals surface area (Å²) in [5.41, 5.74) is 0.713. The van der Waals surface area contributed by atoms with Crippen molar-refractivity contribution in [3.63, 3.8) is 0 Å². The summed E-state index contributed by atoms with van der Waals surface area (Å²) in [5.74, 6) is 1.80. The Bertz CT molecular complexity index is 1020. The van der Waals surface area contributed by atoms with Crippen LogP contribution >= 0.6 is 28.1 Å². The van der Waals surface area contributed by atoms with Crippen LogP contribution in [-0.2, 0) is 6.42 Å². The number of halogens is 1. The van der Waals surface area contributed by atoms with Crippen molar-refractivity contribution in [1.29, 1.82) is 0 Å². The minimum atomic E-state index is -0.450. The molecule has 25 heavy (non-hydrogen) atoms. The van der Waals surface area contributed by atoms with E-state index >= 15 is 0 Å². The molecule has 0 aliphatic carbocycles. The lowest BCUT2D eigenvalue weighted by Crippen LogP contribution is -1.96. The van der Waals surface area contributed by atoms with Crippen LogP contribution in [0.25, 0.3) is 11.3 Å². The van der Waals surface area contributed by atoms with Gasteiger partial charge in [0.15, 0.2) is 5.82 Å². The molecule has 0 unspecified atom stereocenters. The summed E-state index contributed by atoms with van der Waals surface area (Å²) >= 11 is 8.46. The zero-order valence-corrected chi connectivity index (χ0v) is 15.4. The van der Waals surface area contributed by atoms with Crippen molar-refractivity contribution in [2.24, 2.45) is 5.10 Å². The maximum atomic E-state index is 10.8. The van der Waals surface area contributed by atoms with E-state index in [0.717, 1.165) is 0 Å². The van der Waals surface area contributed by atoms with Crippen LogP contribution in [0.15, 0.2) is 44.3 Å². The maximum absolute atomic E-state index is 10.8. The van der Waals surface area contributed by atoms with Crippen molar-refractivity contribution in [3.05, 3.63) is 61.3 Å². The van der Waals surface area contributed by atoms with E-state index in [4.69, 9.17) is 16.6 Å². The fourth-order valence-corrected chi connectivity index (χ4v) is 2.93. The number of nitro groups is 1. The molecule has 3 aromatic rings. The molecule has 2 aromatic heterocycles. The third-order valence-corrected chi connectivity index (χ3v) is 4.31. The summed E-state index contributed by atoms with van der Waals surface area (Å²) < 4.78 is 8.24. The summed E-state index contributed by atoms with van der Waals surface area (Å²) in [4.78, 5) is 10.4. The van der Waals surface area contributed by atoms with E-state index in [1.165, 1.54) is 23.0 Å². The predicted molar refractivity (Wildman–Crippen MR) is 98.3 cm³/mol. The van der Waals surface area contributed by atoms with Crippen LogP contribution < -0.4 is 0 Å². The zero-order chi connectivity index (χ0) is 18.0. The fraction of sp³-hybridized carbons (Fsp3) is 0.133. The minimum absolute atomic E-state index is 0.00500. The van der Waals surface area contributed by atoms with Gasteiger partial charge in [-0.2, -0.15) is 14.9 Å². The van der Waals surface area contributed by atoms with E-state index in [1.54, 1.807) is 18.2 Å². The molecule has 0 spiro atoms. The van der Waals surface area contributed by atoms with Crippen molar-refractivity contribution in [2.45, 2.75) is 13.3 Å². The van der Waals surface area contributed by atoms with Gasteiger partial charge < -0.3 is 4.42 Å². The second-order valence-corrected chi connectivity index (χ2v) is 6.22. The summed E-state index contributed by atoms with van der Waals surface area (Å²) in [5, 5.41) is 21.8. The molecule has 0 aliphatic heterocycles. The topological polar surface area (TPSA) is 102 Å². The molecule has 0 fully saturated rings. The van der Waals surface area contributed by atoms with Crippen LogP contribution in [0.1, 0.15) is 18.5 Å². The Hall–Kier alpha value is -2.59. The van der Waals surface area contributed by atoms with Gasteiger partial charge in [0.05, 0.1) is 11.1 Å². The Kier molecular flexibility index (Phi) is 4.91. The Morgan fingerprint density at radius 2 is 2.28 bits per heavy atom. The van der Waals surface area contributed by atoms with Crippen LogP contribution in [0.2, 0.25) is 0 Å². The minimum Gasteiger partial charge on any atom is -0.455 e. The number of nitro benzene ring substituents is 1. The van der Waals surface area contributed by atoms with E-state index in [0.29, 0.717) is 38.6 Å². The SMILES string of the molecule is CCc1n[nH]c(=S)n1/N=C\c1ccc(-c2ccc([N+](=O)[O-])cc2Br)o1. The number of benzene rings is 1. The number of rotatable bonds is 5. The zero-order valence-electron chi connectivity index (χ0n) is 13.0. The number of nitrogens with one attached hydrogen (secondary N) is 1. The number of aromatic amines is 1. The Morgan fingerprint density at radius 3 is 2.96 bits per heavy atom. The molecule has 8 nitrogen and oxygen atoms in total. The molecule has 128 valence electrons. The number of hydrogen-bond donors (Lipinski definition) is 1. The number of aryl methyl sites for hydroxylation is 1. The lowest BCUT2D eigenvalue weighted by molar-refractivity contribution is -0.384. The average molecular weight is 422 g/mol. The van der Waals surface area contributed by atoms with Crippen molar-refractivity contribution >= 4 is 40.0 Å². The number of furan rings is 1. The predicted octanol–water partition coefficient (Wildman–Crippen LogP) is 4.32. The van der Waals surface area contributed by atoms with Crippen molar-refractivity contribution in [2.75, 3.05) is 0 Å². The highest BCUT2D eigenvalue weighted by Crippen LogP contribution is 2.32. The van der Waals surface area contributed by atoms with E-state index in [9.17, 15) is 10.1 Å². The first-order valence-electron chi connectivity index (χ1n) is 7.24. The number of H-pyrrole nitrogens is 1. The molecule has 0 aliphatic rings. The normalized spacial score (nSPS) is 11.3. The first-order valence-corrected chi connectivity index (χ1v) is 8.44. The molecule has 2 heterocycles. The summed E-state index contributed by atoms with van der Waals surface area (Å²) in [6, 6.07) is 8.01. The molecular formula is C15H12BrN5O3S. The third-order valence-electron chi connectivity index (χ3n) is 3.39. The molecule has 3 rings (SSSR count). The van der Waals surface area contributed by atoms with Gasteiger partial charge in [0.25, 0.3) is 5.69 Å². The Morgan fingerprint density at radius 1 is 1.48 bits per heavy atom. The van der Waals surface area contributed by atoms with Gasteiger partial charge in [-0.25, -0.2) is 0 Å². The monoisotopic (exact) mass is 421 g/mol. The molecule has 0 radical (unpaired) electrons. The van der Waals surface area contributed by atoms with Crippen molar-refractivity contribution in [1.82, 2.24) is 14.9 Å². The maximum Gasteiger partial charge on any atom is 0.270 e. The molecular weight excluding hydrogens is 410 g/mol. The number of non-ortho nitro benzene ring substituents is 1. The first-order chi connectivity index (χ1) is 12.0. The first kappa shape index (κ1) is 17.2. The molecule has 0 atom stereocenters. The summed E-state index contributed by atoms with van der Waals surface area (Å²) in [6.07, 6.45) is 2.22. The van der Waals surface area contributed by atoms with Crippen molar-refractivity contribution in [3.8, 4) is 11.3 Å². The summed E-state index contributed by atoms with van der Waals surface area (Å²) in [6.45, 7) is 1.95. The number of hydrogen-bond acceptors (Lipinski definition) is 6. The highest BCUT2D eigenvalue weighted by molar-refractivity contribution is 9.10. The van der Waals surface area contributed by atoms with Crippen LogP contribution in [-0.4, -0.2) is 26.0 Å². The van der Waals surface area contributed by atoms with Gasteiger partial charge in [-0.3, -0.25) is 15.2 Å². The van der Waals surface area contributed by atoms with Gasteiger partial charge in [-0.1, -0.05) is 6.92 Å². The number of aromatic nitrogens is 3. The largest absolute Gasteiger partial charge is 0.455 e. The third kappa shape index (κ3) is 3.59. The van der Waals surface area contributed by atoms with E-state index in [-0.39, 0.29) is 5.69 Å². The van der Waals surface area contributed by atoms with Crippen LogP contribution in [0.4, 0.5) is 5.69 Å². The van der Waals surface area contributed by atoms with Crippen molar-refractivity contribution < 1.29 is 9.34 Å². The number of nitrogens with zero attached hydrogens (tertiary/aromatic N) is 4. The van der Waals surface area contributed by atoms with Gasteiger partial charge in [-0.15, -0.1) is 0 Å². The van der Waals surface area contributed by atoms with Gasteiger partial charge >= 0.3 is 0 Å². The highest BCUT2D eigenvalue weighted by Gasteiger charge is 2.13. The Balaban J connectivity index is 1.88. The van der Waals surface area contributed by atoms with E-state index < -0.39 is 4.92 Å². The van der Waals surface area contributed by atoms with Crippen LogP contribution in [0.5, 0.6) is 0 Å². The van der Waals surface area contributed by atoms with Gasteiger partial charge in [0, 0.05) is 28.6 Å². The summed E-state index contributed by atoms with van der Waals surface area (Å²) in [7, 11) is 0. The van der Waals surface area contributed by atoms with Gasteiger partial charge in [0.2, 0.25) is 4.77 Å². The average Bonchev–Trinajstić information content (AvgIpc) is 3.19. The standard InChI is InChI=1S/C15H12BrN5O3S/c1-2-14-18-19-15(25)20(14)17-8-10-4-6-13(24-10)11-5-3-9(21(22)23)7-12(11)16/h3-8H,2H2,1H3,(H,19,25)/b17-8-. The smallest absolute Gasteiger partial charge is 0.270 e. The molecule has 0 saturated carbocycles. The molecule has 1 N–H and O–H groups in total. The van der Waals surface area contributed by atoms with Crippen LogP contribution in [0, 0.1) is 14.9 Å². The second-order valence-electron chi connectivity index (χ2n) is 4.98. The fourth-order valence-electron chi connectivity index (χ4n) is 2.17. The second kappa shape index (κ2) is 7.11. The molecule has 0 bridgehead atoms. The van der Waals surface area contributed by atoms with Gasteiger partial charge in [0.1, 0.15) is 11.5 Å². The quantitative estimate of drug-likeness (QED) is 0.286. The van der Waals surface area contributed by atoms with Gasteiger partial charge in [-0.05, 0) is 46.3 Å². The van der Waals surface area contributed by atoms with E-state index in [1.807, 2.05) is 6.92 Å². The van der Waals surface area contributed by atoms with Crippen LogP contribution in [0.3, 0.4) is 0 Å². The lowest BCUT2D eigenvalue weighted by atomic mass is 10.1. The molecule has 0 amide bonds. The molecule has 1 aromatic carbocycles.